The molecule has 0 saturated heterocycles. The van der Waals surface area contributed by atoms with Gasteiger partial charge in [0, 0.05) is 13.0 Å². The maximum Gasteiger partial charge on any atom is 0.194 e. The van der Waals surface area contributed by atoms with Gasteiger partial charge in [-0.3, -0.25) is 9.79 Å². The smallest absolute Gasteiger partial charge is 0.194 e. The van der Waals surface area contributed by atoms with Gasteiger partial charge >= 0.3 is 0 Å². The van der Waals surface area contributed by atoms with Crippen molar-refractivity contribution in [2.24, 2.45) is 10.9 Å². The summed E-state index contributed by atoms with van der Waals surface area (Å²) in [5, 5.41) is 0. The average molecular weight is 129 g/mol. The van der Waals surface area contributed by atoms with Crippen LogP contribution < -0.4 is 0 Å². The quantitative estimate of drug-likeness (QED) is 0.479. The predicted octanol–water partition coefficient (Wildman–Crippen LogP) is 0.963. The monoisotopic (exact) mass is 129 g/mol. The first-order valence-corrected chi connectivity index (χ1v) is 2.94. The Bertz CT molecular complexity index is 164. The molecule has 0 bridgehead atoms. The summed E-state index contributed by atoms with van der Waals surface area (Å²) in [6.45, 7) is 1.87. The lowest BCUT2D eigenvalue weighted by Crippen LogP contribution is -2.23. The molecule has 0 aromatic heterocycles. The Kier molecular flexibility index (Phi) is 1.60. The number of rotatable bonds is 0. The van der Waals surface area contributed by atoms with Gasteiger partial charge in [0.15, 0.2) is 5.97 Å². The fourth-order valence-electron chi connectivity index (χ4n) is 0.759. The summed E-state index contributed by atoms with van der Waals surface area (Å²) >= 11 is 0. The zero-order valence-corrected chi connectivity index (χ0v) is 5.22. The highest BCUT2D eigenvalue weighted by Crippen LogP contribution is 2.10. The van der Waals surface area contributed by atoms with Gasteiger partial charge in [-0.1, -0.05) is 0 Å². The number of nitrogens with zero attached hydrogens (tertiary/aromatic N) is 1. The van der Waals surface area contributed by atoms with Crippen LogP contribution in [-0.4, -0.2) is 18.3 Å². The van der Waals surface area contributed by atoms with E-state index < -0.39 is 11.9 Å². The molecular formula is C6H8FNO. The van der Waals surface area contributed by atoms with Crippen molar-refractivity contribution in [2.75, 3.05) is 6.54 Å². The molecule has 3 heteroatoms. The molecule has 1 aliphatic rings. The van der Waals surface area contributed by atoms with Crippen LogP contribution in [-0.2, 0) is 4.79 Å². The third kappa shape index (κ3) is 1.15. The highest BCUT2D eigenvalue weighted by molar-refractivity contribution is 6.02. The van der Waals surface area contributed by atoms with Crippen LogP contribution in [0.5, 0.6) is 0 Å². The standard InChI is InChI=1S/C6H8FNO/c1-4-5(9)2-3-8-6(4)7/h4H,2-3H2,1H3/t4-/m0/s1. The van der Waals surface area contributed by atoms with Gasteiger partial charge < -0.3 is 0 Å². The Balaban J connectivity index is 2.74. The largest absolute Gasteiger partial charge is 0.299 e. The molecule has 1 aliphatic heterocycles. The first kappa shape index (κ1) is 6.39. The van der Waals surface area contributed by atoms with Gasteiger partial charge in [0.25, 0.3) is 0 Å². The Morgan fingerprint density at radius 1 is 1.78 bits per heavy atom. The zero-order chi connectivity index (χ0) is 6.85. The normalized spacial score (nSPS) is 28.0. The SMILES string of the molecule is C[C@H]1C(=O)CCN=C1F. The van der Waals surface area contributed by atoms with Crippen molar-refractivity contribution in [2.45, 2.75) is 13.3 Å². The molecule has 2 nitrogen and oxygen atoms in total. The summed E-state index contributed by atoms with van der Waals surface area (Å²) in [7, 11) is 0. The van der Waals surface area contributed by atoms with Crippen LogP contribution in [0.2, 0.25) is 0 Å². The zero-order valence-electron chi connectivity index (χ0n) is 5.22. The van der Waals surface area contributed by atoms with Crippen molar-refractivity contribution in [1.29, 1.82) is 0 Å². The second-order valence-corrected chi connectivity index (χ2v) is 2.14. The van der Waals surface area contributed by atoms with E-state index >= 15 is 0 Å². The molecule has 1 rings (SSSR count). The van der Waals surface area contributed by atoms with E-state index in [4.69, 9.17) is 0 Å². The average Bonchev–Trinajstić information content (AvgIpc) is 1.83. The topological polar surface area (TPSA) is 29.4 Å². The van der Waals surface area contributed by atoms with Crippen molar-refractivity contribution >= 4 is 11.7 Å². The number of aliphatic imine (C=N–C) groups is 1. The number of carbonyl (C=O) groups excluding carboxylic acids is 1. The molecule has 0 fully saturated rings. The molecule has 0 N–H and O–H groups in total. The highest BCUT2D eigenvalue weighted by Gasteiger charge is 2.21. The molecule has 0 spiro atoms. The first-order valence-electron chi connectivity index (χ1n) is 2.94. The Morgan fingerprint density at radius 3 is 2.89 bits per heavy atom. The van der Waals surface area contributed by atoms with E-state index in [0.717, 1.165) is 0 Å². The molecule has 0 saturated carbocycles. The van der Waals surface area contributed by atoms with Gasteiger partial charge in [0.05, 0.1) is 5.92 Å². The number of hydrogen-bond acceptors (Lipinski definition) is 2. The summed E-state index contributed by atoms with van der Waals surface area (Å²) in [4.78, 5) is 14.2. The van der Waals surface area contributed by atoms with Crippen molar-refractivity contribution in [3.8, 4) is 0 Å². The fourth-order valence-corrected chi connectivity index (χ4v) is 0.759. The van der Waals surface area contributed by atoms with Gasteiger partial charge in [0.1, 0.15) is 5.78 Å². The van der Waals surface area contributed by atoms with E-state index in [-0.39, 0.29) is 5.78 Å². The maximum atomic E-state index is 12.4. The first-order chi connectivity index (χ1) is 4.22. The van der Waals surface area contributed by atoms with Gasteiger partial charge in [-0.05, 0) is 6.92 Å². The van der Waals surface area contributed by atoms with E-state index in [2.05, 4.69) is 4.99 Å². The summed E-state index contributed by atoms with van der Waals surface area (Å²) in [5.41, 5.74) is 0. The Morgan fingerprint density at radius 2 is 2.44 bits per heavy atom. The van der Waals surface area contributed by atoms with Crippen molar-refractivity contribution in [3.05, 3.63) is 0 Å². The fraction of sp³-hybridized carbons (Fsp3) is 0.667. The molecule has 0 aromatic rings. The third-order valence-corrected chi connectivity index (χ3v) is 1.46. The minimum Gasteiger partial charge on any atom is -0.299 e. The van der Waals surface area contributed by atoms with Crippen molar-refractivity contribution in [1.82, 2.24) is 0 Å². The molecule has 0 aromatic carbocycles. The van der Waals surface area contributed by atoms with Crippen molar-refractivity contribution < 1.29 is 9.18 Å². The summed E-state index contributed by atoms with van der Waals surface area (Å²) < 4.78 is 12.4. The molecule has 1 heterocycles. The van der Waals surface area contributed by atoms with Gasteiger partial charge in [0.2, 0.25) is 0 Å². The molecular weight excluding hydrogens is 121 g/mol. The molecule has 0 amide bonds. The van der Waals surface area contributed by atoms with Crippen LogP contribution in [0.15, 0.2) is 4.99 Å². The number of ketones is 1. The second-order valence-electron chi connectivity index (χ2n) is 2.14. The van der Waals surface area contributed by atoms with Gasteiger partial charge in [-0.25, -0.2) is 0 Å². The Hall–Kier alpha value is -0.730. The van der Waals surface area contributed by atoms with E-state index in [9.17, 15) is 9.18 Å². The second kappa shape index (κ2) is 2.25. The third-order valence-electron chi connectivity index (χ3n) is 1.46. The lowest BCUT2D eigenvalue weighted by atomic mass is 10.0. The summed E-state index contributed by atoms with van der Waals surface area (Å²) in [6.07, 6.45) is 0.397. The predicted molar refractivity (Wildman–Crippen MR) is 32.2 cm³/mol. The molecule has 0 radical (unpaired) electrons. The number of carbonyl (C=O) groups is 1. The Labute approximate surface area is 52.8 Å². The molecule has 50 valence electrons. The van der Waals surface area contributed by atoms with E-state index in [1.165, 1.54) is 0 Å². The molecule has 1 atom stereocenters. The molecule has 0 aliphatic carbocycles. The number of hydrogen-bond donors (Lipinski definition) is 0. The minimum absolute atomic E-state index is 0.0394. The van der Waals surface area contributed by atoms with E-state index in [1.807, 2.05) is 0 Å². The maximum absolute atomic E-state index is 12.4. The summed E-state index contributed by atoms with van der Waals surface area (Å²) in [6, 6.07) is 0. The molecule has 0 unspecified atom stereocenters. The van der Waals surface area contributed by atoms with Gasteiger partial charge in [-0.15, -0.1) is 0 Å². The van der Waals surface area contributed by atoms with Crippen LogP contribution >= 0.6 is 0 Å². The van der Waals surface area contributed by atoms with Gasteiger partial charge in [-0.2, -0.15) is 4.39 Å². The van der Waals surface area contributed by atoms with Crippen LogP contribution in [0, 0.1) is 5.92 Å². The number of Topliss-reactive ketones (excluding diaryl/α,β-unsaturated/α-hetero) is 1. The van der Waals surface area contributed by atoms with Crippen LogP contribution in [0.3, 0.4) is 0 Å². The lowest BCUT2D eigenvalue weighted by molar-refractivity contribution is -0.120. The van der Waals surface area contributed by atoms with Crippen LogP contribution in [0.1, 0.15) is 13.3 Å². The van der Waals surface area contributed by atoms with E-state index in [1.54, 1.807) is 6.92 Å². The lowest BCUT2D eigenvalue weighted by Gasteiger charge is -2.10. The van der Waals surface area contributed by atoms with Crippen LogP contribution in [0.25, 0.3) is 0 Å². The minimum atomic E-state index is -0.584. The number of halogens is 1. The highest BCUT2D eigenvalue weighted by atomic mass is 19.1. The van der Waals surface area contributed by atoms with E-state index in [0.29, 0.717) is 13.0 Å². The summed E-state index contributed by atoms with van der Waals surface area (Å²) in [5.74, 6) is -1.13. The molecule has 9 heavy (non-hydrogen) atoms. The van der Waals surface area contributed by atoms with Crippen molar-refractivity contribution in [3.63, 3.8) is 0 Å². The van der Waals surface area contributed by atoms with Crippen LogP contribution in [0.4, 0.5) is 4.39 Å².